The van der Waals surface area contributed by atoms with Crippen LogP contribution in [0.15, 0.2) is 34.4 Å². The minimum Gasteiger partial charge on any atom is -1.00 e. The molecule has 0 heterocycles. The van der Waals surface area contributed by atoms with E-state index in [0.29, 0.717) is 0 Å². The molecule has 0 spiro atoms. The predicted octanol–water partition coefficient (Wildman–Crippen LogP) is 0.197. The summed E-state index contributed by atoms with van der Waals surface area (Å²) in [5.74, 6) is 3.26. The van der Waals surface area contributed by atoms with Gasteiger partial charge in [-0.3, -0.25) is 12.2 Å². The zero-order valence-corrected chi connectivity index (χ0v) is 20.6. The van der Waals surface area contributed by atoms with Crippen LogP contribution in [0.25, 0.3) is 0 Å². The van der Waals surface area contributed by atoms with Gasteiger partial charge < -0.3 is 24.8 Å². The van der Waals surface area contributed by atoms with E-state index in [-0.39, 0.29) is 24.8 Å². The van der Waals surface area contributed by atoms with Crippen LogP contribution < -0.4 is 24.8 Å². The van der Waals surface area contributed by atoms with Gasteiger partial charge in [0, 0.05) is 0 Å². The van der Waals surface area contributed by atoms with Crippen molar-refractivity contribution >= 4 is 4.21 Å². The van der Waals surface area contributed by atoms with E-state index in [4.69, 9.17) is 0 Å². The zero-order valence-electron chi connectivity index (χ0n) is 16.7. The average Bonchev–Trinajstić information content (AvgIpc) is 3.27. The van der Waals surface area contributed by atoms with Gasteiger partial charge in [0.05, 0.1) is 0 Å². The molecule has 4 unspecified atom stereocenters. The van der Waals surface area contributed by atoms with Gasteiger partial charge in [0.25, 0.3) is 0 Å². The third kappa shape index (κ3) is 6.15. The van der Waals surface area contributed by atoms with Crippen LogP contribution >= 0.6 is 0 Å². The molecule has 0 bridgehead atoms. The summed E-state index contributed by atoms with van der Waals surface area (Å²) in [6.07, 6.45) is 18.8. The Bertz CT molecular complexity index is 521. The quantitative estimate of drug-likeness (QED) is 0.444. The standard InChI is InChI=1S/2C11H15.CH2.2ClH.Zr/c2*1-8-6-7-9(2)11-5-3-4-10(8)11;;;;/h2*4,8-9H,5-7H2,1-2H3;1H2;2*1H;/q2*-1;;;;+2/p-2. The first-order valence-electron chi connectivity index (χ1n) is 9.52. The number of halogens is 2. The molecule has 4 aliphatic rings. The topological polar surface area (TPSA) is 0 Å². The Balaban J connectivity index is 0.000000410. The number of hydrogen-bond acceptors (Lipinski definition) is 0. The van der Waals surface area contributed by atoms with Crippen molar-refractivity contribution in [3.63, 3.8) is 0 Å². The molecule has 0 saturated carbocycles. The van der Waals surface area contributed by atoms with Gasteiger partial charge in [0.2, 0.25) is 0 Å². The fraction of sp³-hybridized carbons (Fsp3) is 0.609. The molecule has 4 rings (SSSR count). The van der Waals surface area contributed by atoms with E-state index in [1.807, 2.05) is 0 Å². The summed E-state index contributed by atoms with van der Waals surface area (Å²) in [4.78, 5) is 0. The monoisotopic (exact) mass is 468 g/mol. The fourth-order valence-corrected chi connectivity index (χ4v) is 4.43. The molecule has 0 aromatic heterocycles. The van der Waals surface area contributed by atoms with E-state index in [0.717, 1.165) is 36.5 Å². The van der Waals surface area contributed by atoms with Gasteiger partial charge in [0.1, 0.15) is 0 Å². The van der Waals surface area contributed by atoms with Crippen LogP contribution in [0.2, 0.25) is 0 Å². The third-order valence-electron chi connectivity index (χ3n) is 6.16. The summed E-state index contributed by atoms with van der Waals surface area (Å²) >= 11 is 1.30. The van der Waals surface area contributed by atoms with Crippen LogP contribution in [0.5, 0.6) is 0 Å². The minimum absolute atomic E-state index is 0. The van der Waals surface area contributed by atoms with Gasteiger partial charge in [-0.15, -0.1) is 12.8 Å². The maximum absolute atomic E-state index is 3.34. The normalized spacial score (nSPS) is 30.8. The summed E-state index contributed by atoms with van der Waals surface area (Å²) < 4.78 is 3.34. The van der Waals surface area contributed by atoms with Crippen LogP contribution in [0.4, 0.5) is 0 Å². The van der Waals surface area contributed by atoms with Gasteiger partial charge >= 0.3 is 28.4 Å². The molecular formula is C23H32Cl2Zr-2. The Morgan fingerprint density at radius 3 is 1.31 bits per heavy atom. The first-order chi connectivity index (χ1) is 11.6. The molecule has 0 nitrogen and oxygen atoms in total. The molecule has 0 radical (unpaired) electrons. The van der Waals surface area contributed by atoms with Gasteiger partial charge in [0.15, 0.2) is 0 Å². The van der Waals surface area contributed by atoms with Crippen molar-refractivity contribution in [1.82, 2.24) is 0 Å². The van der Waals surface area contributed by atoms with Gasteiger partial charge in [-0.2, -0.15) is 22.3 Å². The molecule has 4 atom stereocenters. The molecule has 0 aliphatic heterocycles. The second kappa shape index (κ2) is 12.7. The van der Waals surface area contributed by atoms with E-state index in [2.05, 4.69) is 56.2 Å². The van der Waals surface area contributed by atoms with Gasteiger partial charge in [-0.1, -0.05) is 52.4 Å². The number of hydrogen-bond donors (Lipinski definition) is 0. The van der Waals surface area contributed by atoms with Crippen molar-refractivity contribution in [2.75, 3.05) is 0 Å². The Morgan fingerprint density at radius 2 is 1.00 bits per heavy atom. The summed E-state index contributed by atoms with van der Waals surface area (Å²) in [6, 6.07) is 0. The number of allylic oxidation sites excluding steroid dienone is 8. The van der Waals surface area contributed by atoms with E-state index in [9.17, 15) is 0 Å². The summed E-state index contributed by atoms with van der Waals surface area (Å²) in [5, 5.41) is 0. The zero-order chi connectivity index (χ0) is 17.7. The van der Waals surface area contributed by atoms with Crippen LogP contribution in [-0.2, 0) is 24.2 Å². The predicted molar refractivity (Wildman–Crippen MR) is 101 cm³/mol. The Labute approximate surface area is 188 Å². The van der Waals surface area contributed by atoms with E-state index in [1.165, 1.54) is 49.9 Å². The van der Waals surface area contributed by atoms with Crippen molar-refractivity contribution in [3.05, 3.63) is 46.6 Å². The SMILES string of the molecule is CC1CCC(C)C2=C1C=[C-]C2.CC1CCC(C)C2=C1C=[C-]C2.[CH2]=[Zr+2].[Cl-].[Cl-]. The molecule has 0 saturated heterocycles. The van der Waals surface area contributed by atoms with Crippen molar-refractivity contribution in [2.24, 2.45) is 23.7 Å². The van der Waals surface area contributed by atoms with E-state index >= 15 is 0 Å². The van der Waals surface area contributed by atoms with Crippen LogP contribution in [0, 0.1) is 35.8 Å². The second-order valence-corrected chi connectivity index (χ2v) is 7.77. The Kier molecular flexibility index (Phi) is 12.8. The summed E-state index contributed by atoms with van der Waals surface area (Å²) in [6.45, 7) is 9.37. The van der Waals surface area contributed by atoms with Gasteiger partial charge in [-0.25, -0.2) is 12.2 Å². The average molecular weight is 471 g/mol. The van der Waals surface area contributed by atoms with Crippen LogP contribution in [0.3, 0.4) is 0 Å². The fourth-order valence-electron chi connectivity index (χ4n) is 4.43. The van der Waals surface area contributed by atoms with Crippen molar-refractivity contribution in [1.29, 1.82) is 0 Å². The number of rotatable bonds is 0. The largest absolute Gasteiger partial charge is 1.00 e. The summed E-state index contributed by atoms with van der Waals surface area (Å²) in [5.41, 5.74) is 6.54. The van der Waals surface area contributed by atoms with Gasteiger partial charge in [-0.05, 0) is 24.7 Å². The molecule has 144 valence electrons. The van der Waals surface area contributed by atoms with Crippen LogP contribution in [0.1, 0.15) is 66.2 Å². The van der Waals surface area contributed by atoms with Crippen molar-refractivity contribution in [2.45, 2.75) is 66.2 Å². The smallest absolute Gasteiger partial charge is 1.00 e. The molecule has 26 heavy (non-hydrogen) atoms. The molecular weight excluding hydrogens is 438 g/mol. The van der Waals surface area contributed by atoms with Crippen molar-refractivity contribution in [3.8, 4) is 0 Å². The van der Waals surface area contributed by atoms with Crippen LogP contribution in [-0.4, -0.2) is 4.21 Å². The maximum Gasteiger partial charge on any atom is -1.00 e. The molecule has 4 aliphatic carbocycles. The second-order valence-electron chi connectivity index (χ2n) is 7.77. The Hall–Kier alpha value is 0.293. The molecule has 0 aromatic rings. The first kappa shape index (κ1) is 26.3. The first-order valence-corrected chi connectivity index (χ1v) is 11.3. The minimum atomic E-state index is 0. The molecule has 0 fully saturated rings. The third-order valence-corrected chi connectivity index (χ3v) is 6.16. The van der Waals surface area contributed by atoms with E-state index in [1.54, 1.807) is 22.3 Å². The molecule has 0 N–H and O–H groups in total. The molecule has 0 amide bonds. The summed E-state index contributed by atoms with van der Waals surface area (Å²) in [7, 11) is 0. The molecule has 3 heteroatoms. The Morgan fingerprint density at radius 1 is 0.692 bits per heavy atom. The van der Waals surface area contributed by atoms with Crippen molar-refractivity contribution < 1.29 is 49.0 Å². The molecule has 0 aromatic carbocycles. The van der Waals surface area contributed by atoms with E-state index < -0.39 is 0 Å². The maximum atomic E-state index is 3.34.